The molecule has 0 spiro atoms. The van der Waals surface area contributed by atoms with E-state index >= 15 is 0 Å². The number of ether oxygens (including phenoxy) is 1. The number of aryl methyl sites for hydroxylation is 1. The molecule has 1 saturated carbocycles. The second-order valence-electron chi connectivity index (χ2n) is 8.72. The molecule has 2 atom stereocenters. The Morgan fingerprint density at radius 3 is 2.44 bits per heavy atom. The molecule has 0 radical (unpaired) electrons. The molecule has 1 aromatic carbocycles. The Bertz CT molecular complexity index is 523. The third kappa shape index (κ3) is 5.21. The Morgan fingerprint density at radius 1 is 1.16 bits per heavy atom. The molecule has 1 aromatic rings. The number of nitrogens with zero attached hydrogens (tertiary/aromatic N) is 1. The first-order valence-corrected chi connectivity index (χ1v) is 9.68. The molecular formula is C22H38ClNO. The van der Waals surface area contributed by atoms with Crippen LogP contribution in [0.5, 0.6) is 0 Å². The molecule has 144 valence electrons. The normalized spacial score (nSPS) is 24.2. The zero-order valence-corrected chi connectivity index (χ0v) is 17.9. The number of hydrogen-bond donors (Lipinski definition) is 0. The monoisotopic (exact) mass is 367 g/mol. The van der Waals surface area contributed by atoms with Crippen molar-refractivity contribution in [3.8, 4) is 0 Å². The van der Waals surface area contributed by atoms with Crippen molar-refractivity contribution in [1.82, 2.24) is 4.90 Å². The molecule has 0 aromatic heterocycles. The zero-order chi connectivity index (χ0) is 17.8. The summed E-state index contributed by atoms with van der Waals surface area (Å²) in [5.74, 6) is 0.564. The fourth-order valence-electron chi connectivity index (χ4n) is 4.50. The highest BCUT2D eigenvalue weighted by Gasteiger charge is 2.48. The van der Waals surface area contributed by atoms with Gasteiger partial charge >= 0.3 is 0 Å². The summed E-state index contributed by atoms with van der Waals surface area (Å²) >= 11 is 0. The van der Waals surface area contributed by atoms with Crippen LogP contribution in [0.25, 0.3) is 0 Å². The molecule has 0 amide bonds. The molecule has 1 aliphatic carbocycles. The average Bonchev–Trinajstić information content (AvgIpc) is 2.54. The predicted octanol–water partition coefficient (Wildman–Crippen LogP) is 5.68. The Balaban J connectivity index is 0.00000312. The van der Waals surface area contributed by atoms with E-state index in [2.05, 4.69) is 71.0 Å². The predicted molar refractivity (Wildman–Crippen MR) is 111 cm³/mol. The van der Waals surface area contributed by atoms with Crippen molar-refractivity contribution in [2.75, 3.05) is 27.2 Å². The summed E-state index contributed by atoms with van der Waals surface area (Å²) in [6.07, 6.45) is 6.09. The summed E-state index contributed by atoms with van der Waals surface area (Å²) in [7, 11) is 4.25. The van der Waals surface area contributed by atoms with Gasteiger partial charge in [-0.3, -0.25) is 0 Å². The maximum atomic E-state index is 6.81. The van der Waals surface area contributed by atoms with E-state index < -0.39 is 0 Å². The van der Waals surface area contributed by atoms with E-state index in [0.29, 0.717) is 5.92 Å². The molecule has 0 N–H and O–H groups in total. The van der Waals surface area contributed by atoms with Crippen LogP contribution in [0.3, 0.4) is 0 Å². The van der Waals surface area contributed by atoms with Gasteiger partial charge in [-0.25, -0.2) is 0 Å². The summed E-state index contributed by atoms with van der Waals surface area (Å²) in [5.41, 5.74) is 3.03. The van der Waals surface area contributed by atoms with Crippen LogP contribution < -0.4 is 0 Å². The number of rotatable bonds is 6. The first-order chi connectivity index (χ1) is 11.3. The lowest BCUT2D eigenvalue weighted by Gasteiger charge is -2.51. The molecule has 1 aliphatic rings. The van der Waals surface area contributed by atoms with Gasteiger partial charge < -0.3 is 9.64 Å². The van der Waals surface area contributed by atoms with Crippen molar-refractivity contribution < 1.29 is 4.74 Å². The lowest BCUT2D eigenvalue weighted by Crippen LogP contribution is -2.48. The van der Waals surface area contributed by atoms with E-state index in [9.17, 15) is 0 Å². The molecule has 3 heteroatoms. The van der Waals surface area contributed by atoms with Gasteiger partial charge in [0.05, 0.1) is 12.2 Å². The van der Waals surface area contributed by atoms with Gasteiger partial charge in [-0.15, -0.1) is 12.4 Å². The standard InChI is InChI=1S/C22H37NO.ClH/c1-7-18-12-8-9-13-19(18)22(24-17-16-23(5)6)15-11-10-14-20(22)21(2,3)4;/h8-9,12-13,20H,7,10-11,14-17H2,1-6H3;1H. The van der Waals surface area contributed by atoms with Crippen LogP contribution in [0.1, 0.15) is 64.5 Å². The quantitative estimate of drug-likeness (QED) is 0.641. The van der Waals surface area contributed by atoms with Crippen molar-refractivity contribution in [3.63, 3.8) is 0 Å². The first-order valence-electron chi connectivity index (χ1n) is 9.68. The maximum Gasteiger partial charge on any atom is 0.0967 e. The summed E-state index contributed by atoms with van der Waals surface area (Å²) in [4.78, 5) is 2.22. The van der Waals surface area contributed by atoms with Crippen molar-refractivity contribution in [2.45, 2.75) is 65.4 Å². The minimum Gasteiger partial charge on any atom is -0.369 e. The topological polar surface area (TPSA) is 12.5 Å². The highest BCUT2D eigenvalue weighted by molar-refractivity contribution is 5.85. The number of halogens is 1. The number of hydrogen-bond acceptors (Lipinski definition) is 2. The molecule has 0 heterocycles. The van der Waals surface area contributed by atoms with Gasteiger partial charge in [0.25, 0.3) is 0 Å². The van der Waals surface area contributed by atoms with Gasteiger partial charge in [0.15, 0.2) is 0 Å². The minimum atomic E-state index is -0.126. The molecule has 2 nitrogen and oxygen atoms in total. The lowest BCUT2D eigenvalue weighted by atomic mass is 9.60. The Labute approximate surface area is 161 Å². The summed E-state index contributed by atoms with van der Waals surface area (Å²) in [5, 5.41) is 0. The Kier molecular flexibility index (Phi) is 8.44. The van der Waals surface area contributed by atoms with E-state index in [-0.39, 0.29) is 23.4 Å². The van der Waals surface area contributed by atoms with Gasteiger partial charge in [-0.2, -0.15) is 0 Å². The van der Waals surface area contributed by atoms with Gasteiger partial charge in [0, 0.05) is 6.54 Å². The molecular weight excluding hydrogens is 330 g/mol. The van der Waals surface area contributed by atoms with Gasteiger partial charge in [0.1, 0.15) is 0 Å². The average molecular weight is 368 g/mol. The summed E-state index contributed by atoms with van der Waals surface area (Å²) in [6, 6.07) is 8.99. The highest BCUT2D eigenvalue weighted by Crippen LogP contribution is 2.52. The molecule has 0 saturated heterocycles. The van der Waals surface area contributed by atoms with Crippen molar-refractivity contribution in [1.29, 1.82) is 0 Å². The van der Waals surface area contributed by atoms with Crippen LogP contribution in [0.15, 0.2) is 24.3 Å². The molecule has 0 aliphatic heterocycles. The largest absolute Gasteiger partial charge is 0.369 e. The smallest absolute Gasteiger partial charge is 0.0967 e. The minimum absolute atomic E-state index is 0. The van der Waals surface area contributed by atoms with Crippen LogP contribution in [-0.4, -0.2) is 32.1 Å². The molecule has 1 fully saturated rings. The first kappa shape index (κ1) is 22.5. The molecule has 2 unspecified atom stereocenters. The fourth-order valence-corrected chi connectivity index (χ4v) is 4.50. The molecule has 25 heavy (non-hydrogen) atoms. The molecule has 2 rings (SSSR count). The van der Waals surface area contributed by atoms with Crippen LogP contribution in [0, 0.1) is 11.3 Å². The van der Waals surface area contributed by atoms with E-state index in [1.165, 1.54) is 30.4 Å². The fraction of sp³-hybridized carbons (Fsp3) is 0.727. The van der Waals surface area contributed by atoms with Gasteiger partial charge in [-0.05, 0) is 55.8 Å². The van der Waals surface area contributed by atoms with Gasteiger partial charge in [-0.1, -0.05) is 64.8 Å². The number of benzene rings is 1. The Morgan fingerprint density at radius 2 is 1.84 bits per heavy atom. The lowest BCUT2D eigenvalue weighted by molar-refractivity contribution is -0.147. The second kappa shape index (κ2) is 9.39. The van der Waals surface area contributed by atoms with E-state index in [1.54, 1.807) is 0 Å². The van der Waals surface area contributed by atoms with Crippen LogP contribution in [0.4, 0.5) is 0 Å². The van der Waals surface area contributed by atoms with Crippen LogP contribution >= 0.6 is 12.4 Å². The van der Waals surface area contributed by atoms with Crippen molar-refractivity contribution >= 4 is 12.4 Å². The summed E-state index contributed by atoms with van der Waals surface area (Å²) < 4.78 is 6.81. The number of likely N-dealkylation sites (N-methyl/N-ethyl adjacent to an activating group) is 1. The van der Waals surface area contributed by atoms with Gasteiger partial charge in [0.2, 0.25) is 0 Å². The maximum absolute atomic E-state index is 6.81. The highest BCUT2D eigenvalue weighted by atomic mass is 35.5. The zero-order valence-electron chi connectivity index (χ0n) is 17.1. The van der Waals surface area contributed by atoms with Crippen molar-refractivity contribution in [3.05, 3.63) is 35.4 Å². The Hall–Kier alpha value is -0.570. The van der Waals surface area contributed by atoms with Crippen molar-refractivity contribution in [2.24, 2.45) is 11.3 Å². The van der Waals surface area contributed by atoms with Crippen LogP contribution in [-0.2, 0) is 16.8 Å². The van der Waals surface area contributed by atoms with E-state index in [1.807, 2.05) is 0 Å². The van der Waals surface area contributed by atoms with Crippen LogP contribution in [0.2, 0.25) is 0 Å². The van der Waals surface area contributed by atoms with E-state index in [0.717, 1.165) is 26.0 Å². The molecule has 0 bridgehead atoms. The summed E-state index contributed by atoms with van der Waals surface area (Å²) in [6.45, 7) is 11.2. The third-order valence-corrected chi connectivity index (χ3v) is 5.65. The second-order valence-corrected chi connectivity index (χ2v) is 8.72. The van der Waals surface area contributed by atoms with E-state index in [4.69, 9.17) is 4.74 Å². The SMILES string of the molecule is CCc1ccccc1C1(OCCN(C)C)CCCCC1C(C)(C)C.Cl. The third-order valence-electron chi connectivity index (χ3n) is 5.65.